The number of hydrogen-bond acceptors (Lipinski definition) is 3. The van der Waals surface area contributed by atoms with Crippen molar-refractivity contribution in [2.75, 3.05) is 32.0 Å². The molecule has 1 aromatic heterocycles. The van der Waals surface area contributed by atoms with E-state index < -0.39 is 0 Å². The lowest BCUT2D eigenvalue weighted by Crippen LogP contribution is -2.33. The number of anilines is 1. The molecule has 0 amide bonds. The summed E-state index contributed by atoms with van der Waals surface area (Å²) in [7, 11) is 2.19. The van der Waals surface area contributed by atoms with Crippen LogP contribution < -0.4 is 5.32 Å². The molecule has 1 fully saturated rings. The smallest absolute Gasteiger partial charge is 0.127 e. The number of likely N-dealkylation sites (tertiary alicyclic amines) is 1. The summed E-state index contributed by atoms with van der Waals surface area (Å²) in [5.74, 6) is 1.75. The molecule has 3 nitrogen and oxygen atoms in total. The zero-order valence-corrected chi connectivity index (χ0v) is 11.2. The molecule has 16 heavy (non-hydrogen) atoms. The van der Waals surface area contributed by atoms with Gasteiger partial charge in [-0.15, -0.1) is 0 Å². The number of nitrogens with zero attached hydrogens (tertiary/aromatic N) is 2. The third kappa shape index (κ3) is 3.46. The van der Waals surface area contributed by atoms with Crippen LogP contribution >= 0.6 is 15.9 Å². The van der Waals surface area contributed by atoms with Gasteiger partial charge in [0, 0.05) is 6.54 Å². The highest BCUT2D eigenvalue weighted by Crippen LogP contribution is 2.17. The number of halogens is 1. The topological polar surface area (TPSA) is 28.2 Å². The van der Waals surface area contributed by atoms with E-state index in [2.05, 4.69) is 38.2 Å². The first-order valence-corrected chi connectivity index (χ1v) is 6.58. The first-order chi connectivity index (χ1) is 7.74. The van der Waals surface area contributed by atoms with Gasteiger partial charge in [-0.1, -0.05) is 6.07 Å². The molecule has 1 aliphatic rings. The van der Waals surface area contributed by atoms with Crippen LogP contribution in [0.25, 0.3) is 0 Å². The molecule has 2 heterocycles. The minimum Gasteiger partial charge on any atom is -0.370 e. The molecule has 88 valence electrons. The highest BCUT2D eigenvalue weighted by atomic mass is 79.9. The van der Waals surface area contributed by atoms with Gasteiger partial charge in [-0.2, -0.15) is 0 Å². The largest absolute Gasteiger partial charge is 0.370 e. The fraction of sp³-hybridized carbons (Fsp3) is 0.583. The summed E-state index contributed by atoms with van der Waals surface area (Å²) in [6, 6.07) is 5.97. The summed E-state index contributed by atoms with van der Waals surface area (Å²) in [6.45, 7) is 3.48. The first kappa shape index (κ1) is 11.9. The molecule has 1 aliphatic heterocycles. The van der Waals surface area contributed by atoms with Crippen molar-refractivity contribution in [3.05, 3.63) is 22.8 Å². The monoisotopic (exact) mass is 283 g/mol. The third-order valence-corrected chi connectivity index (χ3v) is 3.57. The quantitative estimate of drug-likeness (QED) is 0.865. The normalized spacial score (nSPS) is 18.6. The summed E-state index contributed by atoms with van der Waals surface area (Å²) in [6.07, 6.45) is 2.58. The molecule has 0 saturated carbocycles. The number of piperidine rings is 1. The second-order valence-electron chi connectivity index (χ2n) is 4.47. The van der Waals surface area contributed by atoms with Gasteiger partial charge in [-0.25, -0.2) is 4.98 Å². The van der Waals surface area contributed by atoms with E-state index in [9.17, 15) is 0 Å². The second-order valence-corrected chi connectivity index (χ2v) is 5.29. The number of aromatic nitrogens is 1. The summed E-state index contributed by atoms with van der Waals surface area (Å²) in [5.41, 5.74) is 0. The predicted molar refractivity (Wildman–Crippen MR) is 70.6 cm³/mol. The maximum Gasteiger partial charge on any atom is 0.127 e. The highest BCUT2D eigenvalue weighted by molar-refractivity contribution is 9.10. The Hall–Kier alpha value is -0.610. The van der Waals surface area contributed by atoms with Gasteiger partial charge in [0.2, 0.25) is 0 Å². The van der Waals surface area contributed by atoms with Crippen molar-refractivity contribution in [3.63, 3.8) is 0 Å². The SMILES string of the molecule is CN1CCC(CNc2cccc(Br)n2)CC1. The van der Waals surface area contributed by atoms with E-state index >= 15 is 0 Å². The lowest BCUT2D eigenvalue weighted by atomic mass is 9.97. The van der Waals surface area contributed by atoms with Gasteiger partial charge in [-0.3, -0.25) is 0 Å². The van der Waals surface area contributed by atoms with Gasteiger partial charge in [0.05, 0.1) is 0 Å². The van der Waals surface area contributed by atoms with Crippen LogP contribution in [0.3, 0.4) is 0 Å². The van der Waals surface area contributed by atoms with Crippen molar-refractivity contribution in [2.45, 2.75) is 12.8 Å². The van der Waals surface area contributed by atoms with Gasteiger partial charge in [-0.05, 0) is 67.0 Å². The van der Waals surface area contributed by atoms with Crippen LogP contribution in [0.2, 0.25) is 0 Å². The Balaban J connectivity index is 1.79. The molecular formula is C12H18BrN3. The molecule has 0 aromatic carbocycles. The van der Waals surface area contributed by atoms with Crippen molar-refractivity contribution < 1.29 is 0 Å². The van der Waals surface area contributed by atoms with Crippen molar-refractivity contribution >= 4 is 21.7 Å². The van der Waals surface area contributed by atoms with Gasteiger partial charge in [0.15, 0.2) is 0 Å². The lowest BCUT2D eigenvalue weighted by Gasteiger charge is -2.29. The van der Waals surface area contributed by atoms with E-state index in [-0.39, 0.29) is 0 Å². The maximum absolute atomic E-state index is 4.37. The highest BCUT2D eigenvalue weighted by Gasteiger charge is 2.16. The van der Waals surface area contributed by atoms with Gasteiger partial charge >= 0.3 is 0 Å². The minimum atomic E-state index is 0.789. The number of pyridine rings is 1. The minimum absolute atomic E-state index is 0.789. The Labute approximate surface area is 105 Å². The lowest BCUT2D eigenvalue weighted by molar-refractivity contribution is 0.226. The molecule has 1 saturated heterocycles. The van der Waals surface area contributed by atoms with Crippen molar-refractivity contribution in [2.24, 2.45) is 5.92 Å². The molecule has 0 atom stereocenters. The van der Waals surface area contributed by atoms with Crippen LogP contribution in [0.5, 0.6) is 0 Å². The fourth-order valence-corrected chi connectivity index (χ4v) is 2.37. The van der Waals surface area contributed by atoms with Crippen LogP contribution in [0.1, 0.15) is 12.8 Å². The Kier molecular flexibility index (Phi) is 4.18. The Morgan fingerprint density at radius 1 is 1.44 bits per heavy atom. The summed E-state index contributed by atoms with van der Waals surface area (Å²) >= 11 is 3.38. The van der Waals surface area contributed by atoms with E-state index in [0.29, 0.717) is 0 Å². The fourth-order valence-electron chi connectivity index (χ4n) is 2.02. The zero-order valence-electron chi connectivity index (χ0n) is 9.62. The number of rotatable bonds is 3. The average Bonchev–Trinajstić information content (AvgIpc) is 2.28. The number of hydrogen-bond donors (Lipinski definition) is 1. The van der Waals surface area contributed by atoms with E-state index in [0.717, 1.165) is 22.9 Å². The van der Waals surface area contributed by atoms with E-state index in [1.807, 2.05) is 18.2 Å². The predicted octanol–water partition coefficient (Wildman–Crippen LogP) is 2.60. The standard InChI is InChI=1S/C12H18BrN3/c1-16-7-5-10(6-8-16)9-14-12-4-2-3-11(13)15-12/h2-4,10H,5-9H2,1H3,(H,14,15). The Bertz CT molecular complexity index is 335. The average molecular weight is 284 g/mol. The molecule has 0 spiro atoms. The van der Waals surface area contributed by atoms with Crippen molar-refractivity contribution in [1.29, 1.82) is 0 Å². The van der Waals surface area contributed by atoms with Crippen LogP contribution in [-0.2, 0) is 0 Å². The van der Waals surface area contributed by atoms with Gasteiger partial charge in [0.25, 0.3) is 0 Å². The molecule has 0 radical (unpaired) electrons. The van der Waals surface area contributed by atoms with Crippen molar-refractivity contribution in [3.8, 4) is 0 Å². The molecule has 1 aromatic rings. The maximum atomic E-state index is 4.37. The molecule has 1 N–H and O–H groups in total. The molecular weight excluding hydrogens is 266 g/mol. The molecule has 0 aliphatic carbocycles. The van der Waals surface area contributed by atoms with Gasteiger partial charge < -0.3 is 10.2 Å². The summed E-state index contributed by atoms with van der Waals surface area (Å²) < 4.78 is 0.890. The number of nitrogens with one attached hydrogen (secondary N) is 1. The Morgan fingerprint density at radius 3 is 2.88 bits per heavy atom. The van der Waals surface area contributed by atoms with Crippen molar-refractivity contribution in [1.82, 2.24) is 9.88 Å². The Morgan fingerprint density at radius 2 is 2.19 bits per heavy atom. The summed E-state index contributed by atoms with van der Waals surface area (Å²) in [5, 5.41) is 3.41. The van der Waals surface area contributed by atoms with Crippen LogP contribution in [-0.4, -0.2) is 36.6 Å². The molecule has 4 heteroatoms. The molecule has 0 bridgehead atoms. The second kappa shape index (κ2) is 5.64. The van der Waals surface area contributed by atoms with E-state index in [1.54, 1.807) is 0 Å². The summed E-state index contributed by atoms with van der Waals surface area (Å²) in [4.78, 5) is 6.76. The van der Waals surface area contributed by atoms with Crippen LogP contribution in [0.15, 0.2) is 22.8 Å². The van der Waals surface area contributed by atoms with Crippen LogP contribution in [0, 0.1) is 5.92 Å². The zero-order chi connectivity index (χ0) is 11.4. The van der Waals surface area contributed by atoms with E-state index in [1.165, 1.54) is 25.9 Å². The van der Waals surface area contributed by atoms with E-state index in [4.69, 9.17) is 0 Å². The van der Waals surface area contributed by atoms with Crippen LogP contribution in [0.4, 0.5) is 5.82 Å². The molecule has 2 rings (SSSR count). The van der Waals surface area contributed by atoms with Gasteiger partial charge in [0.1, 0.15) is 10.4 Å². The third-order valence-electron chi connectivity index (χ3n) is 3.13. The first-order valence-electron chi connectivity index (χ1n) is 5.79. The molecule has 0 unspecified atom stereocenters.